The first-order chi connectivity index (χ1) is 9.47. The molecule has 20 heavy (non-hydrogen) atoms. The summed E-state index contributed by atoms with van der Waals surface area (Å²) < 4.78 is 0. The van der Waals surface area contributed by atoms with E-state index in [2.05, 4.69) is 12.2 Å². The predicted octanol–water partition coefficient (Wildman–Crippen LogP) is 4.03. The summed E-state index contributed by atoms with van der Waals surface area (Å²) in [6.45, 7) is 2.29. The average Bonchev–Trinajstić information content (AvgIpc) is 2.40. The number of halogens is 1. The third-order valence-corrected chi connectivity index (χ3v) is 4.25. The van der Waals surface area contributed by atoms with Crippen molar-refractivity contribution in [2.45, 2.75) is 38.6 Å². The molecule has 2 unspecified atom stereocenters. The van der Waals surface area contributed by atoms with Crippen molar-refractivity contribution in [3.05, 3.63) is 28.8 Å². The summed E-state index contributed by atoms with van der Waals surface area (Å²) in [6.07, 6.45) is 4.91. The maximum atomic E-state index is 12.0. The van der Waals surface area contributed by atoms with E-state index in [1.165, 1.54) is 25.7 Å². The number of carbonyl (C=O) groups is 1. The summed E-state index contributed by atoms with van der Waals surface area (Å²) in [5.41, 5.74) is 1.55. The van der Waals surface area contributed by atoms with Crippen molar-refractivity contribution in [1.29, 1.82) is 0 Å². The molecule has 0 bridgehead atoms. The van der Waals surface area contributed by atoms with Gasteiger partial charge in [0.15, 0.2) is 0 Å². The van der Waals surface area contributed by atoms with Gasteiger partial charge in [0.2, 0.25) is 0 Å². The first-order valence-electron chi connectivity index (χ1n) is 7.25. The lowest BCUT2D eigenvalue weighted by Crippen LogP contribution is -2.26. The van der Waals surface area contributed by atoms with Crippen molar-refractivity contribution in [2.75, 3.05) is 19.4 Å². The smallest absolute Gasteiger partial charge is 0.253 e. The van der Waals surface area contributed by atoms with Crippen LogP contribution in [-0.4, -0.2) is 30.9 Å². The monoisotopic (exact) mass is 294 g/mol. The normalized spacial score (nSPS) is 22.4. The number of amides is 1. The Kier molecular flexibility index (Phi) is 4.92. The summed E-state index contributed by atoms with van der Waals surface area (Å²) in [6, 6.07) is 5.90. The Morgan fingerprint density at radius 3 is 2.75 bits per heavy atom. The predicted molar refractivity (Wildman–Crippen MR) is 84.5 cm³/mol. The molecule has 3 nitrogen and oxygen atoms in total. The quantitative estimate of drug-likeness (QED) is 0.913. The fourth-order valence-electron chi connectivity index (χ4n) is 2.81. The van der Waals surface area contributed by atoms with Crippen LogP contribution in [0, 0.1) is 5.92 Å². The summed E-state index contributed by atoms with van der Waals surface area (Å²) in [5.74, 6) is 0.758. The zero-order chi connectivity index (χ0) is 14.7. The second-order valence-electron chi connectivity index (χ2n) is 6.01. The molecule has 0 spiro atoms. The van der Waals surface area contributed by atoms with E-state index in [9.17, 15) is 4.79 Å². The molecule has 1 aliphatic rings. The molecule has 0 heterocycles. The van der Waals surface area contributed by atoms with Crippen LogP contribution in [0.4, 0.5) is 5.69 Å². The molecule has 0 radical (unpaired) electrons. The van der Waals surface area contributed by atoms with Gasteiger partial charge in [0, 0.05) is 25.7 Å². The maximum Gasteiger partial charge on any atom is 0.253 e. The Hall–Kier alpha value is -1.22. The Bertz CT molecular complexity index is 487. The van der Waals surface area contributed by atoms with Crippen LogP contribution >= 0.6 is 11.6 Å². The number of nitrogens with zero attached hydrogens (tertiary/aromatic N) is 1. The lowest BCUT2D eigenvalue weighted by molar-refractivity contribution is 0.0827. The summed E-state index contributed by atoms with van der Waals surface area (Å²) in [7, 11) is 3.51. The van der Waals surface area contributed by atoms with Gasteiger partial charge in [-0.25, -0.2) is 0 Å². The molecule has 1 amide bonds. The van der Waals surface area contributed by atoms with Gasteiger partial charge in [-0.3, -0.25) is 4.79 Å². The Balaban J connectivity index is 2.14. The van der Waals surface area contributed by atoms with Crippen molar-refractivity contribution in [1.82, 2.24) is 4.90 Å². The average molecular weight is 295 g/mol. The molecule has 110 valence electrons. The number of hydrogen-bond acceptors (Lipinski definition) is 2. The van der Waals surface area contributed by atoms with Gasteiger partial charge < -0.3 is 10.2 Å². The molecule has 0 aromatic heterocycles. The van der Waals surface area contributed by atoms with Crippen molar-refractivity contribution in [2.24, 2.45) is 5.92 Å². The number of hydrogen-bond donors (Lipinski definition) is 1. The third kappa shape index (κ3) is 3.66. The molecule has 4 heteroatoms. The van der Waals surface area contributed by atoms with Gasteiger partial charge in [-0.15, -0.1) is 0 Å². The minimum absolute atomic E-state index is 0.00160. The molecule has 0 saturated heterocycles. The minimum Gasteiger partial charge on any atom is -0.381 e. The zero-order valence-corrected chi connectivity index (χ0v) is 13.2. The van der Waals surface area contributed by atoms with E-state index >= 15 is 0 Å². The lowest BCUT2D eigenvalue weighted by Gasteiger charge is -2.28. The largest absolute Gasteiger partial charge is 0.381 e. The molecule has 1 fully saturated rings. The fourth-order valence-corrected chi connectivity index (χ4v) is 2.98. The van der Waals surface area contributed by atoms with Crippen LogP contribution < -0.4 is 5.32 Å². The van der Waals surface area contributed by atoms with Crippen LogP contribution in [0.1, 0.15) is 43.0 Å². The number of benzene rings is 1. The molecule has 1 aliphatic carbocycles. The molecule has 2 rings (SSSR count). The molecule has 1 aromatic carbocycles. The highest BCUT2D eigenvalue weighted by molar-refractivity contribution is 6.33. The maximum absolute atomic E-state index is 12.0. The number of anilines is 1. The molecular formula is C16H23ClN2O. The van der Waals surface area contributed by atoms with Gasteiger partial charge in [-0.2, -0.15) is 0 Å². The van der Waals surface area contributed by atoms with Crippen LogP contribution in [0.25, 0.3) is 0 Å². The molecular weight excluding hydrogens is 272 g/mol. The van der Waals surface area contributed by atoms with E-state index in [0.717, 1.165) is 11.6 Å². The number of carbonyl (C=O) groups excluding carboxylic acids is 1. The molecule has 0 aliphatic heterocycles. The van der Waals surface area contributed by atoms with Crippen molar-refractivity contribution in [3.63, 3.8) is 0 Å². The second kappa shape index (κ2) is 6.49. The van der Waals surface area contributed by atoms with Gasteiger partial charge in [-0.05, 0) is 37.0 Å². The topological polar surface area (TPSA) is 32.3 Å². The van der Waals surface area contributed by atoms with Crippen molar-refractivity contribution < 1.29 is 4.79 Å². The van der Waals surface area contributed by atoms with E-state index in [1.807, 2.05) is 6.07 Å². The first-order valence-corrected chi connectivity index (χ1v) is 7.63. The molecule has 1 aromatic rings. The highest BCUT2D eigenvalue weighted by Crippen LogP contribution is 2.30. The van der Waals surface area contributed by atoms with Crippen molar-refractivity contribution in [3.8, 4) is 0 Å². The van der Waals surface area contributed by atoms with Gasteiger partial charge in [0.1, 0.15) is 0 Å². The fraction of sp³-hybridized carbons (Fsp3) is 0.562. The first kappa shape index (κ1) is 15.2. The van der Waals surface area contributed by atoms with Crippen LogP contribution in [0.2, 0.25) is 5.02 Å². The van der Waals surface area contributed by atoms with E-state index in [4.69, 9.17) is 11.6 Å². The number of nitrogens with one attached hydrogen (secondary N) is 1. The standard InChI is InChI=1S/C16H23ClN2O/c1-11-5-4-6-13(9-11)18-15-10-12(7-8-14(15)17)16(20)19(2)3/h7-8,10-11,13,18H,4-6,9H2,1-3H3. The number of rotatable bonds is 3. The molecule has 2 atom stereocenters. The van der Waals surface area contributed by atoms with Crippen LogP contribution in [0.5, 0.6) is 0 Å². The van der Waals surface area contributed by atoms with Crippen LogP contribution in [-0.2, 0) is 0 Å². The van der Waals surface area contributed by atoms with E-state index in [-0.39, 0.29) is 5.91 Å². The third-order valence-electron chi connectivity index (χ3n) is 3.92. The Morgan fingerprint density at radius 2 is 2.10 bits per heavy atom. The summed E-state index contributed by atoms with van der Waals surface area (Å²) in [4.78, 5) is 13.6. The molecule has 1 saturated carbocycles. The highest BCUT2D eigenvalue weighted by atomic mass is 35.5. The van der Waals surface area contributed by atoms with Gasteiger partial charge in [0.05, 0.1) is 10.7 Å². The van der Waals surface area contributed by atoms with E-state index in [0.29, 0.717) is 16.6 Å². The lowest BCUT2D eigenvalue weighted by atomic mass is 9.87. The van der Waals surface area contributed by atoms with E-state index in [1.54, 1.807) is 31.1 Å². The summed E-state index contributed by atoms with van der Waals surface area (Å²) >= 11 is 6.25. The second-order valence-corrected chi connectivity index (χ2v) is 6.41. The zero-order valence-electron chi connectivity index (χ0n) is 12.4. The van der Waals surface area contributed by atoms with Gasteiger partial charge in [-0.1, -0.05) is 31.4 Å². The highest BCUT2D eigenvalue weighted by Gasteiger charge is 2.20. The molecule has 1 N–H and O–H groups in total. The van der Waals surface area contributed by atoms with Crippen LogP contribution in [0.15, 0.2) is 18.2 Å². The van der Waals surface area contributed by atoms with Gasteiger partial charge in [0.25, 0.3) is 5.91 Å². The Labute approximate surface area is 126 Å². The van der Waals surface area contributed by atoms with Crippen molar-refractivity contribution >= 4 is 23.2 Å². The Morgan fingerprint density at radius 1 is 1.35 bits per heavy atom. The van der Waals surface area contributed by atoms with Gasteiger partial charge >= 0.3 is 0 Å². The SMILES string of the molecule is CC1CCCC(Nc2cc(C(=O)N(C)C)ccc2Cl)C1. The minimum atomic E-state index is 0.00160. The van der Waals surface area contributed by atoms with Crippen LogP contribution in [0.3, 0.4) is 0 Å². The van der Waals surface area contributed by atoms with E-state index < -0.39 is 0 Å². The summed E-state index contributed by atoms with van der Waals surface area (Å²) in [5, 5.41) is 4.19.